The molecule has 146 valence electrons. The summed E-state index contributed by atoms with van der Waals surface area (Å²) in [6.45, 7) is 0. The fourth-order valence-electron chi connectivity index (χ4n) is 3.47. The van der Waals surface area contributed by atoms with Crippen molar-refractivity contribution in [2.24, 2.45) is 0 Å². The number of nitrogens with zero attached hydrogens (tertiary/aromatic N) is 2. The number of alkyl halides is 3. The first-order valence-electron chi connectivity index (χ1n) is 9.10. The third-order valence-electron chi connectivity index (χ3n) is 4.88. The molecule has 28 heavy (non-hydrogen) atoms. The highest BCUT2D eigenvalue weighted by molar-refractivity contribution is 9.10. The second-order valence-electron chi connectivity index (χ2n) is 6.84. The summed E-state index contributed by atoms with van der Waals surface area (Å²) < 4.78 is 42.6. The smallest absolute Gasteiger partial charge is 0.287 e. The minimum atomic E-state index is -4.38. The highest BCUT2D eigenvalue weighted by Crippen LogP contribution is 2.38. The molecule has 3 aromatic rings. The fraction of sp³-hybridized carbons (Fsp3) is 0.286. The van der Waals surface area contributed by atoms with E-state index >= 15 is 0 Å². The molecule has 0 aliphatic heterocycles. The molecule has 0 bridgehead atoms. The van der Waals surface area contributed by atoms with Gasteiger partial charge in [-0.1, -0.05) is 58.7 Å². The van der Waals surface area contributed by atoms with Gasteiger partial charge in [0.2, 0.25) is 0 Å². The maximum atomic E-state index is 13.3. The number of rotatable bonds is 4. The van der Waals surface area contributed by atoms with Crippen molar-refractivity contribution in [3.63, 3.8) is 0 Å². The lowest BCUT2D eigenvalue weighted by molar-refractivity contribution is -0.137. The van der Waals surface area contributed by atoms with Crippen molar-refractivity contribution in [3.05, 3.63) is 64.8 Å². The Morgan fingerprint density at radius 3 is 2.43 bits per heavy atom. The zero-order valence-corrected chi connectivity index (χ0v) is 17.3. The molecule has 1 heterocycles. The minimum absolute atomic E-state index is 0.463. The molecule has 0 amide bonds. The highest BCUT2D eigenvalue weighted by atomic mass is 79.9. The SMILES string of the molecule is FC(F)(F)c1cccc(-n2c(-c3ccc(Br)cc3)cnc2SC2CCCC2)c1. The normalized spacial score (nSPS) is 15.3. The molecular formula is C21H18BrF3N2S. The Morgan fingerprint density at radius 2 is 1.75 bits per heavy atom. The molecule has 0 spiro atoms. The average molecular weight is 467 g/mol. The van der Waals surface area contributed by atoms with Crippen LogP contribution in [0.15, 0.2) is 64.4 Å². The summed E-state index contributed by atoms with van der Waals surface area (Å²) in [5.74, 6) is 0. The van der Waals surface area contributed by atoms with Crippen LogP contribution in [-0.4, -0.2) is 14.8 Å². The molecule has 1 fully saturated rings. The second-order valence-corrected chi connectivity index (χ2v) is 9.02. The fourth-order valence-corrected chi connectivity index (χ4v) is 5.02. The molecule has 1 aliphatic rings. The molecule has 0 radical (unpaired) electrons. The Labute approximate surface area is 174 Å². The van der Waals surface area contributed by atoms with Crippen LogP contribution in [0.25, 0.3) is 16.9 Å². The lowest BCUT2D eigenvalue weighted by atomic mass is 10.1. The monoisotopic (exact) mass is 466 g/mol. The van der Waals surface area contributed by atoms with E-state index in [1.54, 1.807) is 24.0 Å². The van der Waals surface area contributed by atoms with Gasteiger partial charge in [0.15, 0.2) is 5.16 Å². The molecule has 0 N–H and O–H groups in total. The Kier molecular flexibility index (Phi) is 5.56. The van der Waals surface area contributed by atoms with Crippen molar-refractivity contribution in [1.82, 2.24) is 9.55 Å². The Bertz CT molecular complexity index is 961. The first-order valence-corrected chi connectivity index (χ1v) is 10.8. The first kappa shape index (κ1) is 19.6. The quantitative estimate of drug-likeness (QED) is 0.399. The standard InChI is InChI=1S/C21H18BrF3N2S/c22-16-10-8-14(9-11-16)19-13-26-20(28-18-6-1-2-7-18)27(19)17-5-3-4-15(12-17)21(23,24)25/h3-5,8-13,18H,1-2,6-7H2. The van der Waals surface area contributed by atoms with Gasteiger partial charge in [0.25, 0.3) is 0 Å². The summed E-state index contributed by atoms with van der Waals surface area (Å²) in [5, 5.41) is 1.20. The number of aromatic nitrogens is 2. The first-order chi connectivity index (χ1) is 13.4. The second kappa shape index (κ2) is 7.95. The van der Waals surface area contributed by atoms with E-state index in [-0.39, 0.29) is 0 Å². The van der Waals surface area contributed by atoms with E-state index in [4.69, 9.17) is 0 Å². The Hall–Kier alpha value is -1.73. The van der Waals surface area contributed by atoms with Crippen molar-refractivity contribution < 1.29 is 13.2 Å². The third-order valence-corrected chi connectivity index (χ3v) is 6.71. The third kappa shape index (κ3) is 4.15. The number of hydrogen-bond acceptors (Lipinski definition) is 2. The number of benzene rings is 2. The van der Waals surface area contributed by atoms with E-state index < -0.39 is 11.7 Å². The van der Waals surface area contributed by atoms with Crippen molar-refractivity contribution in [2.45, 2.75) is 42.3 Å². The van der Waals surface area contributed by atoms with Crippen LogP contribution in [0.4, 0.5) is 13.2 Å². The van der Waals surface area contributed by atoms with Crippen LogP contribution >= 0.6 is 27.7 Å². The maximum Gasteiger partial charge on any atom is 0.416 e. The van der Waals surface area contributed by atoms with Gasteiger partial charge < -0.3 is 0 Å². The van der Waals surface area contributed by atoms with Crippen LogP contribution < -0.4 is 0 Å². The van der Waals surface area contributed by atoms with Crippen LogP contribution in [0.1, 0.15) is 31.2 Å². The summed E-state index contributed by atoms with van der Waals surface area (Å²) in [5.41, 5.74) is 1.52. The molecule has 1 aromatic heterocycles. The zero-order valence-electron chi connectivity index (χ0n) is 14.9. The predicted octanol–water partition coefficient (Wildman–Crippen LogP) is 7.36. The summed E-state index contributed by atoms with van der Waals surface area (Å²) in [6.07, 6.45) is 2.00. The molecule has 2 nitrogen and oxygen atoms in total. The lowest BCUT2D eigenvalue weighted by Gasteiger charge is -2.16. The molecule has 0 unspecified atom stereocenters. The topological polar surface area (TPSA) is 17.8 Å². The Balaban J connectivity index is 1.82. The summed E-state index contributed by atoms with van der Waals surface area (Å²) >= 11 is 5.09. The van der Waals surface area contributed by atoms with Crippen LogP contribution in [-0.2, 0) is 6.18 Å². The zero-order chi connectivity index (χ0) is 19.7. The van der Waals surface area contributed by atoms with Gasteiger partial charge in [0.1, 0.15) is 0 Å². The molecule has 0 saturated heterocycles. The van der Waals surface area contributed by atoms with Gasteiger partial charge >= 0.3 is 6.18 Å². The number of halogens is 4. The Morgan fingerprint density at radius 1 is 1.04 bits per heavy atom. The van der Waals surface area contributed by atoms with Crippen molar-refractivity contribution >= 4 is 27.7 Å². The van der Waals surface area contributed by atoms with Crippen molar-refractivity contribution in [2.75, 3.05) is 0 Å². The molecule has 1 saturated carbocycles. The van der Waals surface area contributed by atoms with E-state index in [0.29, 0.717) is 10.9 Å². The molecular weight excluding hydrogens is 449 g/mol. The molecule has 2 aromatic carbocycles. The van der Waals surface area contributed by atoms with Crippen LogP contribution in [0.3, 0.4) is 0 Å². The molecule has 1 aliphatic carbocycles. The van der Waals surface area contributed by atoms with Gasteiger partial charge in [-0.3, -0.25) is 4.57 Å². The van der Waals surface area contributed by atoms with Gasteiger partial charge in [-0.15, -0.1) is 0 Å². The summed E-state index contributed by atoms with van der Waals surface area (Å²) in [4.78, 5) is 4.58. The van der Waals surface area contributed by atoms with E-state index in [9.17, 15) is 13.2 Å². The van der Waals surface area contributed by atoms with Crippen molar-refractivity contribution in [3.8, 4) is 16.9 Å². The summed E-state index contributed by atoms with van der Waals surface area (Å²) in [7, 11) is 0. The largest absolute Gasteiger partial charge is 0.416 e. The van der Waals surface area contributed by atoms with Crippen molar-refractivity contribution in [1.29, 1.82) is 0 Å². The molecule has 4 rings (SSSR count). The summed E-state index contributed by atoms with van der Waals surface area (Å²) in [6, 6.07) is 13.2. The van der Waals surface area contributed by atoms with E-state index in [2.05, 4.69) is 20.9 Å². The van der Waals surface area contributed by atoms with Gasteiger partial charge in [-0.2, -0.15) is 13.2 Å². The maximum absolute atomic E-state index is 13.3. The van der Waals surface area contributed by atoms with Crippen LogP contribution in [0.2, 0.25) is 0 Å². The molecule has 7 heteroatoms. The van der Waals surface area contributed by atoms with Crippen LogP contribution in [0, 0.1) is 0 Å². The van der Waals surface area contributed by atoms with E-state index in [1.165, 1.54) is 25.0 Å². The molecule has 0 atom stereocenters. The van der Waals surface area contributed by atoms with Gasteiger partial charge in [0, 0.05) is 21.0 Å². The number of imidazole rings is 1. The van der Waals surface area contributed by atoms with E-state index in [0.717, 1.165) is 39.8 Å². The number of thioether (sulfide) groups is 1. The minimum Gasteiger partial charge on any atom is -0.287 e. The average Bonchev–Trinajstić information content (AvgIpc) is 3.32. The number of hydrogen-bond donors (Lipinski definition) is 0. The van der Waals surface area contributed by atoms with Gasteiger partial charge in [0.05, 0.1) is 17.5 Å². The predicted molar refractivity (Wildman–Crippen MR) is 110 cm³/mol. The van der Waals surface area contributed by atoms with Gasteiger partial charge in [-0.25, -0.2) is 4.98 Å². The van der Waals surface area contributed by atoms with Gasteiger partial charge in [-0.05, 0) is 43.2 Å². The van der Waals surface area contributed by atoms with E-state index in [1.807, 2.05) is 28.8 Å². The highest BCUT2D eigenvalue weighted by Gasteiger charge is 2.31. The lowest BCUT2D eigenvalue weighted by Crippen LogP contribution is -2.07. The van der Waals surface area contributed by atoms with Crippen LogP contribution in [0.5, 0.6) is 0 Å².